The molecule has 0 saturated heterocycles. The predicted molar refractivity (Wildman–Crippen MR) is 82.9 cm³/mol. The fourth-order valence-corrected chi connectivity index (χ4v) is 2.01. The van der Waals surface area contributed by atoms with Gasteiger partial charge in [0.1, 0.15) is 12.4 Å². The molecule has 0 radical (unpaired) electrons. The molecule has 0 unspecified atom stereocenters. The average molecular weight is 344 g/mol. The zero-order valence-corrected chi connectivity index (χ0v) is 14.3. The zero-order valence-electron chi connectivity index (χ0n) is 12.7. The van der Waals surface area contributed by atoms with E-state index in [0.29, 0.717) is 6.54 Å². The molecular weight excluding hydrogens is 322 g/mol. The van der Waals surface area contributed by atoms with Crippen molar-refractivity contribution in [3.05, 3.63) is 28.2 Å². The number of hydrogen-bond acceptors (Lipinski definition) is 3. The van der Waals surface area contributed by atoms with Crippen molar-refractivity contribution < 1.29 is 14.3 Å². The fraction of sp³-hybridized carbons (Fsp3) is 0.533. The van der Waals surface area contributed by atoms with Gasteiger partial charge < -0.3 is 14.4 Å². The Morgan fingerprint density at radius 1 is 1.35 bits per heavy atom. The van der Waals surface area contributed by atoms with E-state index in [2.05, 4.69) is 15.9 Å². The molecule has 0 aliphatic heterocycles. The Labute approximate surface area is 129 Å². The molecule has 5 heteroatoms. The number of carbonyl (C=O) groups excluding carboxylic acids is 1. The van der Waals surface area contributed by atoms with E-state index in [4.69, 9.17) is 9.47 Å². The first-order valence-electron chi connectivity index (χ1n) is 6.43. The van der Waals surface area contributed by atoms with Crippen LogP contribution in [0.25, 0.3) is 0 Å². The van der Waals surface area contributed by atoms with Gasteiger partial charge in [0.25, 0.3) is 0 Å². The van der Waals surface area contributed by atoms with Gasteiger partial charge in [-0.3, -0.25) is 4.79 Å². The van der Waals surface area contributed by atoms with Crippen molar-refractivity contribution in [2.75, 3.05) is 20.8 Å². The molecule has 1 aromatic carbocycles. The number of carbonyl (C=O) groups is 1. The fourth-order valence-electron chi connectivity index (χ4n) is 1.60. The van der Waals surface area contributed by atoms with E-state index in [1.54, 1.807) is 19.1 Å². The topological polar surface area (TPSA) is 38.8 Å². The number of benzene rings is 1. The van der Waals surface area contributed by atoms with Crippen LogP contribution in [-0.4, -0.2) is 37.2 Å². The largest absolute Gasteiger partial charge is 0.496 e. The molecule has 20 heavy (non-hydrogen) atoms. The molecule has 1 amide bonds. The molecule has 0 N–H and O–H groups in total. The highest BCUT2D eigenvalue weighted by Gasteiger charge is 2.17. The quantitative estimate of drug-likeness (QED) is 0.823. The van der Waals surface area contributed by atoms with Gasteiger partial charge in [-0.2, -0.15) is 0 Å². The van der Waals surface area contributed by atoms with Gasteiger partial charge in [0.15, 0.2) is 0 Å². The summed E-state index contributed by atoms with van der Waals surface area (Å²) in [6, 6.07) is 5.74. The van der Waals surface area contributed by atoms with Crippen LogP contribution in [0.1, 0.15) is 26.3 Å². The average Bonchev–Trinajstić information content (AvgIpc) is 2.35. The van der Waals surface area contributed by atoms with Crippen molar-refractivity contribution in [3.8, 4) is 5.75 Å². The van der Waals surface area contributed by atoms with Gasteiger partial charge in [-0.15, -0.1) is 0 Å². The Morgan fingerprint density at radius 3 is 2.55 bits per heavy atom. The molecular formula is C15H22BrNO3. The first kappa shape index (κ1) is 17.0. The lowest BCUT2D eigenvalue weighted by Gasteiger charge is -2.23. The summed E-state index contributed by atoms with van der Waals surface area (Å²) in [6.07, 6.45) is 0. The monoisotopic (exact) mass is 343 g/mol. The number of halogens is 1. The predicted octanol–water partition coefficient (Wildman–Crippen LogP) is 3.23. The van der Waals surface area contributed by atoms with Crippen LogP contribution >= 0.6 is 15.9 Å². The minimum absolute atomic E-state index is 0.0537. The van der Waals surface area contributed by atoms with E-state index >= 15 is 0 Å². The Hall–Kier alpha value is -1.07. The molecule has 1 aromatic rings. The first-order valence-corrected chi connectivity index (χ1v) is 7.22. The molecule has 0 aliphatic rings. The maximum atomic E-state index is 12.0. The van der Waals surface area contributed by atoms with E-state index in [0.717, 1.165) is 15.8 Å². The van der Waals surface area contributed by atoms with Crippen molar-refractivity contribution in [1.82, 2.24) is 4.90 Å². The van der Waals surface area contributed by atoms with E-state index in [1.807, 2.05) is 39.0 Å². The molecule has 0 aliphatic carbocycles. The second-order valence-corrected chi connectivity index (χ2v) is 6.52. The van der Waals surface area contributed by atoms with Gasteiger partial charge in [-0.25, -0.2) is 0 Å². The first-order chi connectivity index (χ1) is 9.23. The summed E-state index contributed by atoms with van der Waals surface area (Å²) in [5.74, 6) is 0.714. The lowest BCUT2D eigenvalue weighted by atomic mass is 10.2. The van der Waals surface area contributed by atoms with Gasteiger partial charge in [0.05, 0.1) is 12.7 Å². The third kappa shape index (κ3) is 5.51. The van der Waals surface area contributed by atoms with Crippen LogP contribution in [0.3, 0.4) is 0 Å². The van der Waals surface area contributed by atoms with Gasteiger partial charge >= 0.3 is 0 Å². The summed E-state index contributed by atoms with van der Waals surface area (Å²) in [5, 5.41) is 0. The van der Waals surface area contributed by atoms with Crippen LogP contribution in [-0.2, 0) is 16.1 Å². The summed E-state index contributed by atoms with van der Waals surface area (Å²) < 4.78 is 11.8. The molecule has 0 spiro atoms. The van der Waals surface area contributed by atoms with Crippen LogP contribution < -0.4 is 4.74 Å². The normalized spacial score (nSPS) is 11.3. The second kappa shape index (κ2) is 7.09. The Bertz CT molecular complexity index is 469. The number of nitrogens with zero attached hydrogens (tertiary/aromatic N) is 1. The Morgan fingerprint density at radius 2 is 2.00 bits per heavy atom. The number of methoxy groups -OCH3 is 1. The van der Waals surface area contributed by atoms with Gasteiger partial charge in [-0.05, 0) is 39.0 Å². The van der Waals surface area contributed by atoms with Crippen LogP contribution in [0.4, 0.5) is 0 Å². The molecule has 4 nitrogen and oxygen atoms in total. The van der Waals surface area contributed by atoms with Gasteiger partial charge in [0.2, 0.25) is 5.91 Å². The van der Waals surface area contributed by atoms with Crippen molar-refractivity contribution in [2.45, 2.75) is 32.9 Å². The lowest BCUT2D eigenvalue weighted by Crippen LogP contribution is -2.33. The van der Waals surface area contributed by atoms with E-state index in [9.17, 15) is 4.79 Å². The minimum atomic E-state index is -0.316. The SMILES string of the molecule is COc1ccc(Br)cc1CN(C)C(=O)COC(C)(C)C. The summed E-state index contributed by atoms with van der Waals surface area (Å²) in [4.78, 5) is 13.7. The van der Waals surface area contributed by atoms with Gasteiger partial charge in [-0.1, -0.05) is 15.9 Å². The number of likely N-dealkylation sites (N-methyl/N-ethyl adjacent to an activating group) is 1. The van der Waals surface area contributed by atoms with Crippen molar-refractivity contribution in [3.63, 3.8) is 0 Å². The van der Waals surface area contributed by atoms with Crippen LogP contribution in [0.5, 0.6) is 5.75 Å². The molecule has 112 valence electrons. The molecule has 1 rings (SSSR count). The highest BCUT2D eigenvalue weighted by atomic mass is 79.9. The lowest BCUT2D eigenvalue weighted by molar-refractivity contribution is -0.140. The van der Waals surface area contributed by atoms with E-state index in [-0.39, 0.29) is 18.1 Å². The molecule has 0 saturated carbocycles. The Balaban J connectivity index is 2.68. The third-order valence-corrected chi connectivity index (χ3v) is 3.20. The summed E-state index contributed by atoms with van der Waals surface area (Å²) in [7, 11) is 3.38. The van der Waals surface area contributed by atoms with Crippen LogP contribution in [0, 0.1) is 0 Å². The van der Waals surface area contributed by atoms with Gasteiger partial charge in [0, 0.05) is 23.6 Å². The third-order valence-electron chi connectivity index (χ3n) is 2.70. The van der Waals surface area contributed by atoms with Crippen LogP contribution in [0.15, 0.2) is 22.7 Å². The summed E-state index contributed by atoms with van der Waals surface area (Å²) in [6.45, 7) is 6.35. The standard InChI is InChI=1S/C15H22BrNO3/c1-15(2,3)20-10-14(18)17(4)9-11-8-12(16)6-7-13(11)19-5/h6-8H,9-10H2,1-5H3. The van der Waals surface area contributed by atoms with Crippen molar-refractivity contribution in [2.24, 2.45) is 0 Å². The molecule has 0 fully saturated rings. The van der Waals surface area contributed by atoms with E-state index in [1.165, 1.54) is 0 Å². The smallest absolute Gasteiger partial charge is 0.248 e. The maximum absolute atomic E-state index is 12.0. The number of hydrogen-bond donors (Lipinski definition) is 0. The molecule has 0 atom stereocenters. The van der Waals surface area contributed by atoms with Crippen molar-refractivity contribution in [1.29, 1.82) is 0 Å². The van der Waals surface area contributed by atoms with Crippen LogP contribution in [0.2, 0.25) is 0 Å². The second-order valence-electron chi connectivity index (χ2n) is 5.61. The summed E-state index contributed by atoms with van der Waals surface area (Å²) in [5.41, 5.74) is 0.637. The molecule has 0 heterocycles. The molecule has 0 aromatic heterocycles. The maximum Gasteiger partial charge on any atom is 0.248 e. The number of amides is 1. The highest BCUT2D eigenvalue weighted by Crippen LogP contribution is 2.24. The number of rotatable bonds is 5. The summed E-state index contributed by atoms with van der Waals surface area (Å²) >= 11 is 3.43. The van der Waals surface area contributed by atoms with Crippen molar-refractivity contribution >= 4 is 21.8 Å². The van der Waals surface area contributed by atoms with E-state index < -0.39 is 0 Å². The Kier molecular flexibility index (Phi) is 6.02. The molecule has 0 bridgehead atoms. The highest BCUT2D eigenvalue weighted by molar-refractivity contribution is 9.10. The minimum Gasteiger partial charge on any atom is -0.496 e. The number of ether oxygens (including phenoxy) is 2. The zero-order chi connectivity index (χ0) is 15.3.